The lowest BCUT2D eigenvalue weighted by molar-refractivity contribution is -0.142. The zero-order valence-electron chi connectivity index (χ0n) is 14.3. The van der Waals surface area contributed by atoms with Gasteiger partial charge in [0.25, 0.3) is 5.91 Å². The molecule has 0 aromatic heterocycles. The number of benzene rings is 2. The summed E-state index contributed by atoms with van der Waals surface area (Å²) < 4.78 is 15.3. The number of hydrogen-bond donors (Lipinski definition) is 1. The topological polar surface area (TPSA) is 73.9 Å². The van der Waals surface area contributed by atoms with E-state index in [-0.39, 0.29) is 0 Å². The number of hydrogen-bond acceptors (Lipinski definition) is 5. The third-order valence-corrected chi connectivity index (χ3v) is 3.57. The summed E-state index contributed by atoms with van der Waals surface area (Å²) in [4.78, 5) is 23.5. The molecule has 6 nitrogen and oxygen atoms in total. The van der Waals surface area contributed by atoms with Crippen LogP contribution in [0.4, 0.5) is 5.69 Å². The van der Waals surface area contributed by atoms with Crippen LogP contribution in [0.5, 0.6) is 11.5 Å². The van der Waals surface area contributed by atoms with Crippen molar-refractivity contribution in [3.63, 3.8) is 0 Å². The molecule has 0 aliphatic rings. The molecule has 0 fully saturated rings. The molecule has 7 heteroatoms. The van der Waals surface area contributed by atoms with Crippen LogP contribution in [0.3, 0.4) is 0 Å². The average molecular weight is 376 g/mol. The van der Waals surface area contributed by atoms with Gasteiger partial charge in [-0.3, -0.25) is 4.79 Å². The SMILES string of the molecule is COc1ccc(C=CC(=O)OCC(=O)Nc2ccc(Cl)cc2)c(OC)c1. The molecule has 0 saturated heterocycles. The number of halogens is 1. The number of rotatable bonds is 7. The van der Waals surface area contributed by atoms with E-state index >= 15 is 0 Å². The van der Waals surface area contributed by atoms with Gasteiger partial charge in [0.15, 0.2) is 6.61 Å². The Kier molecular flexibility index (Phi) is 7.05. The molecule has 2 rings (SSSR count). The van der Waals surface area contributed by atoms with Crippen molar-refractivity contribution in [1.29, 1.82) is 0 Å². The third kappa shape index (κ3) is 5.82. The first-order valence-corrected chi connectivity index (χ1v) is 8.02. The number of carbonyl (C=O) groups is 2. The molecule has 0 heterocycles. The second-order valence-electron chi connectivity index (χ2n) is 5.10. The molecule has 0 saturated carbocycles. The molecule has 2 aromatic rings. The normalized spacial score (nSPS) is 10.4. The standard InChI is InChI=1S/C19H18ClNO5/c1-24-16-9-3-13(17(11-16)25-2)4-10-19(23)26-12-18(22)21-15-7-5-14(20)6-8-15/h3-11H,12H2,1-2H3,(H,21,22). The van der Waals surface area contributed by atoms with Crippen molar-refractivity contribution in [3.05, 3.63) is 59.1 Å². The Labute approximate surface area is 156 Å². The van der Waals surface area contributed by atoms with Crippen LogP contribution >= 0.6 is 11.6 Å². The first-order chi connectivity index (χ1) is 12.5. The monoisotopic (exact) mass is 375 g/mol. The van der Waals surface area contributed by atoms with Gasteiger partial charge in [-0.25, -0.2) is 4.79 Å². The lowest BCUT2D eigenvalue weighted by Gasteiger charge is -2.07. The van der Waals surface area contributed by atoms with Crippen LogP contribution in [0.25, 0.3) is 6.08 Å². The van der Waals surface area contributed by atoms with E-state index in [1.165, 1.54) is 19.3 Å². The molecule has 0 spiro atoms. The molecule has 1 N–H and O–H groups in total. The number of methoxy groups -OCH3 is 2. The van der Waals surface area contributed by atoms with E-state index in [2.05, 4.69) is 5.32 Å². The van der Waals surface area contributed by atoms with Gasteiger partial charge in [0.2, 0.25) is 0 Å². The van der Waals surface area contributed by atoms with E-state index in [4.69, 9.17) is 25.8 Å². The van der Waals surface area contributed by atoms with Crippen LogP contribution in [0.2, 0.25) is 5.02 Å². The van der Waals surface area contributed by atoms with Gasteiger partial charge in [0.05, 0.1) is 14.2 Å². The zero-order chi connectivity index (χ0) is 18.9. The molecule has 0 bridgehead atoms. The number of nitrogens with one attached hydrogen (secondary N) is 1. The van der Waals surface area contributed by atoms with Gasteiger partial charge in [-0.15, -0.1) is 0 Å². The summed E-state index contributed by atoms with van der Waals surface area (Å²) in [6.07, 6.45) is 2.76. The van der Waals surface area contributed by atoms with Gasteiger partial charge in [-0.2, -0.15) is 0 Å². The predicted molar refractivity (Wildman–Crippen MR) is 99.6 cm³/mol. The minimum absolute atomic E-state index is 0.397. The van der Waals surface area contributed by atoms with Gasteiger partial charge in [0.1, 0.15) is 11.5 Å². The Morgan fingerprint density at radius 3 is 2.46 bits per heavy atom. The summed E-state index contributed by atoms with van der Waals surface area (Å²) in [6.45, 7) is -0.397. The lowest BCUT2D eigenvalue weighted by Crippen LogP contribution is -2.20. The van der Waals surface area contributed by atoms with Crippen LogP contribution in [0.1, 0.15) is 5.56 Å². The zero-order valence-corrected chi connectivity index (χ0v) is 15.1. The molecule has 0 aliphatic heterocycles. The maximum atomic E-state index is 11.8. The van der Waals surface area contributed by atoms with Crippen LogP contribution in [0.15, 0.2) is 48.5 Å². The minimum Gasteiger partial charge on any atom is -0.497 e. The Hall–Kier alpha value is -2.99. The first kappa shape index (κ1) is 19.3. The molecule has 2 aromatic carbocycles. The van der Waals surface area contributed by atoms with E-state index in [0.29, 0.717) is 27.8 Å². The lowest BCUT2D eigenvalue weighted by atomic mass is 10.2. The Morgan fingerprint density at radius 2 is 1.81 bits per heavy atom. The van der Waals surface area contributed by atoms with Crippen LogP contribution in [-0.4, -0.2) is 32.7 Å². The van der Waals surface area contributed by atoms with Crippen molar-refractivity contribution in [2.75, 3.05) is 26.1 Å². The molecule has 0 radical (unpaired) electrons. The third-order valence-electron chi connectivity index (χ3n) is 3.31. The van der Waals surface area contributed by atoms with Crippen molar-refractivity contribution >= 4 is 35.2 Å². The van der Waals surface area contributed by atoms with Crippen molar-refractivity contribution in [3.8, 4) is 11.5 Å². The summed E-state index contributed by atoms with van der Waals surface area (Å²) >= 11 is 5.77. The fourth-order valence-electron chi connectivity index (χ4n) is 2.03. The van der Waals surface area contributed by atoms with Crippen molar-refractivity contribution in [2.24, 2.45) is 0 Å². The molecule has 136 valence electrons. The predicted octanol–water partition coefficient (Wildman–Crippen LogP) is 3.55. The average Bonchev–Trinajstić information content (AvgIpc) is 2.66. The highest BCUT2D eigenvalue weighted by molar-refractivity contribution is 6.30. The minimum atomic E-state index is -0.644. The second-order valence-corrected chi connectivity index (χ2v) is 5.54. The highest BCUT2D eigenvalue weighted by atomic mass is 35.5. The number of amides is 1. The first-order valence-electron chi connectivity index (χ1n) is 7.64. The van der Waals surface area contributed by atoms with Gasteiger partial charge in [-0.1, -0.05) is 11.6 Å². The maximum Gasteiger partial charge on any atom is 0.331 e. The van der Waals surface area contributed by atoms with E-state index in [1.54, 1.807) is 49.6 Å². The fraction of sp³-hybridized carbons (Fsp3) is 0.158. The van der Waals surface area contributed by atoms with E-state index in [0.717, 1.165) is 0 Å². The Bertz CT molecular complexity index is 802. The van der Waals surface area contributed by atoms with Gasteiger partial charge < -0.3 is 19.5 Å². The molecule has 26 heavy (non-hydrogen) atoms. The molecule has 0 unspecified atom stereocenters. The van der Waals surface area contributed by atoms with Crippen molar-refractivity contribution in [2.45, 2.75) is 0 Å². The second kappa shape index (κ2) is 9.48. The van der Waals surface area contributed by atoms with Crippen molar-refractivity contribution in [1.82, 2.24) is 0 Å². The quantitative estimate of drug-likeness (QED) is 0.591. The molecule has 0 atom stereocenters. The highest BCUT2D eigenvalue weighted by Gasteiger charge is 2.07. The summed E-state index contributed by atoms with van der Waals surface area (Å²) in [5.41, 5.74) is 1.24. The number of esters is 1. The largest absolute Gasteiger partial charge is 0.497 e. The van der Waals surface area contributed by atoms with Gasteiger partial charge in [0, 0.05) is 28.4 Å². The van der Waals surface area contributed by atoms with Crippen molar-refractivity contribution < 1.29 is 23.8 Å². The summed E-state index contributed by atoms with van der Waals surface area (Å²) in [5, 5.41) is 3.16. The smallest absolute Gasteiger partial charge is 0.331 e. The Morgan fingerprint density at radius 1 is 1.08 bits per heavy atom. The van der Waals surface area contributed by atoms with Crippen LogP contribution in [0, 0.1) is 0 Å². The van der Waals surface area contributed by atoms with Crippen LogP contribution in [-0.2, 0) is 14.3 Å². The summed E-state index contributed by atoms with van der Waals surface area (Å²) in [5.74, 6) is 0.0968. The molecule has 0 aliphatic carbocycles. The number of anilines is 1. The molecular formula is C19H18ClNO5. The van der Waals surface area contributed by atoms with Gasteiger partial charge in [-0.05, 0) is 42.5 Å². The number of carbonyl (C=O) groups excluding carboxylic acids is 2. The van der Waals surface area contributed by atoms with E-state index in [9.17, 15) is 9.59 Å². The molecular weight excluding hydrogens is 358 g/mol. The summed E-state index contributed by atoms with van der Waals surface area (Å²) in [7, 11) is 3.07. The highest BCUT2D eigenvalue weighted by Crippen LogP contribution is 2.25. The Balaban J connectivity index is 1.87. The summed E-state index contributed by atoms with van der Waals surface area (Å²) in [6, 6.07) is 11.8. The fourth-order valence-corrected chi connectivity index (χ4v) is 2.16. The maximum absolute atomic E-state index is 11.8. The van der Waals surface area contributed by atoms with E-state index in [1.807, 2.05) is 0 Å². The molecule has 1 amide bonds. The van der Waals surface area contributed by atoms with E-state index < -0.39 is 18.5 Å². The van der Waals surface area contributed by atoms with Crippen LogP contribution < -0.4 is 14.8 Å². The number of ether oxygens (including phenoxy) is 3. The van der Waals surface area contributed by atoms with Gasteiger partial charge >= 0.3 is 5.97 Å².